The molecule has 1 aromatic heterocycles. The molecule has 2 amide bonds. The number of halogens is 1. The minimum Gasteiger partial charge on any atom is -0.345 e. The second-order valence-corrected chi connectivity index (χ2v) is 8.51. The van der Waals surface area contributed by atoms with Crippen LogP contribution in [0.25, 0.3) is 10.2 Å². The third-order valence-electron chi connectivity index (χ3n) is 4.52. The molecule has 1 aliphatic heterocycles. The van der Waals surface area contributed by atoms with Gasteiger partial charge in [-0.25, -0.2) is 9.78 Å². The molecule has 0 saturated carbocycles. The molecule has 1 saturated heterocycles. The Morgan fingerprint density at radius 3 is 2.59 bits per heavy atom. The quantitative estimate of drug-likeness (QED) is 0.606. The van der Waals surface area contributed by atoms with Crippen molar-refractivity contribution in [3.05, 3.63) is 47.5 Å². The van der Waals surface area contributed by atoms with Gasteiger partial charge in [0.15, 0.2) is 5.13 Å². The lowest BCUT2D eigenvalue weighted by molar-refractivity contribution is 0.208. The molecular weight excluding hydrogens is 400 g/mol. The van der Waals surface area contributed by atoms with Crippen LogP contribution in [0.1, 0.15) is 0 Å². The number of thiazole rings is 1. The van der Waals surface area contributed by atoms with Crippen molar-refractivity contribution in [2.24, 2.45) is 0 Å². The first-order valence-corrected chi connectivity index (χ1v) is 11.1. The van der Waals surface area contributed by atoms with E-state index in [9.17, 15) is 4.79 Å². The average Bonchev–Trinajstić information content (AvgIpc) is 3.14. The lowest BCUT2D eigenvalue weighted by Crippen LogP contribution is -2.50. The molecule has 3 aromatic rings. The number of hydrogen-bond donors (Lipinski definition) is 1. The summed E-state index contributed by atoms with van der Waals surface area (Å²) in [6.07, 6.45) is 2.08. The van der Waals surface area contributed by atoms with E-state index < -0.39 is 0 Å². The number of anilines is 2. The highest BCUT2D eigenvalue weighted by Crippen LogP contribution is 2.34. The van der Waals surface area contributed by atoms with Gasteiger partial charge in [-0.3, -0.25) is 0 Å². The number of fused-ring (bicyclic) bond motifs is 1. The predicted molar refractivity (Wildman–Crippen MR) is 116 cm³/mol. The highest BCUT2D eigenvalue weighted by molar-refractivity contribution is 7.98. The molecule has 27 heavy (non-hydrogen) atoms. The number of aromatic nitrogens is 1. The number of nitrogens with zero attached hydrogens (tertiary/aromatic N) is 3. The summed E-state index contributed by atoms with van der Waals surface area (Å²) >= 11 is 9.32. The number of thioether (sulfide) groups is 1. The van der Waals surface area contributed by atoms with Crippen molar-refractivity contribution in [1.82, 2.24) is 9.88 Å². The van der Waals surface area contributed by atoms with Gasteiger partial charge in [-0.15, -0.1) is 11.8 Å². The number of hydrogen-bond acceptors (Lipinski definition) is 5. The summed E-state index contributed by atoms with van der Waals surface area (Å²) in [6, 6.07) is 13.4. The topological polar surface area (TPSA) is 48.5 Å². The van der Waals surface area contributed by atoms with Crippen molar-refractivity contribution in [3.8, 4) is 0 Å². The van der Waals surface area contributed by atoms with Crippen LogP contribution in [0.3, 0.4) is 0 Å². The standard InChI is InChI=1S/C19H19ClN4OS2/c1-26-15-3-2-4-16-17(15)22-19(27-16)24-11-9-23(10-12-24)18(25)21-14-7-5-13(20)6-8-14/h2-8H,9-12H2,1H3,(H,21,25). The normalized spacial score (nSPS) is 14.6. The molecule has 1 aliphatic rings. The van der Waals surface area contributed by atoms with Crippen molar-refractivity contribution in [3.63, 3.8) is 0 Å². The Morgan fingerprint density at radius 1 is 1.15 bits per heavy atom. The zero-order valence-corrected chi connectivity index (χ0v) is 17.2. The van der Waals surface area contributed by atoms with Crippen molar-refractivity contribution in [2.45, 2.75) is 4.90 Å². The number of para-hydroxylation sites is 1. The maximum atomic E-state index is 12.5. The molecule has 0 aliphatic carbocycles. The molecule has 0 unspecified atom stereocenters. The Balaban J connectivity index is 1.40. The van der Waals surface area contributed by atoms with E-state index in [0.29, 0.717) is 18.1 Å². The molecule has 2 heterocycles. The number of carbonyl (C=O) groups excluding carboxylic acids is 1. The maximum absolute atomic E-state index is 12.5. The SMILES string of the molecule is CSc1cccc2sc(N3CCN(C(=O)Nc4ccc(Cl)cc4)CC3)nc12. The van der Waals surface area contributed by atoms with Crippen LogP contribution in [0.15, 0.2) is 47.4 Å². The van der Waals surface area contributed by atoms with E-state index in [1.165, 1.54) is 9.60 Å². The monoisotopic (exact) mass is 418 g/mol. The number of benzene rings is 2. The van der Waals surface area contributed by atoms with Crippen LogP contribution >= 0.6 is 34.7 Å². The van der Waals surface area contributed by atoms with E-state index in [4.69, 9.17) is 16.6 Å². The van der Waals surface area contributed by atoms with Crippen LogP contribution in [-0.2, 0) is 0 Å². The Kier molecular flexibility index (Phi) is 5.43. The Bertz CT molecular complexity index is 952. The summed E-state index contributed by atoms with van der Waals surface area (Å²) in [6.45, 7) is 2.90. The van der Waals surface area contributed by atoms with Crippen molar-refractivity contribution >= 4 is 61.8 Å². The second-order valence-electron chi connectivity index (χ2n) is 6.21. The molecule has 140 valence electrons. The summed E-state index contributed by atoms with van der Waals surface area (Å²) < 4.78 is 1.21. The third-order valence-corrected chi connectivity index (χ3v) is 6.63. The van der Waals surface area contributed by atoms with Gasteiger partial charge < -0.3 is 15.1 Å². The fourth-order valence-corrected chi connectivity index (χ4v) is 4.85. The van der Waals surface area contributed by atoms with Crippen LogP contribution in [0, 0.1) is 0 Å². The van der Waals surface area contributed by atoms with Gasteiger partial charge in [-0.2, -0.15) is 0 Å². The van der Waals surface area contributed by atoms with Gasteiger partial charge in [0.1, 0.15) is 0 Å². The highest BCUT2D eigenvalue weighted by atomic mass is 35.5. The number of rotatable bonds is 3. The predicted octanol–water partition coefficient (Wildman–Crippen LogP) is 5.03. The summed E-state index contributed by atoms with van der Waals surface area (Å²) in [5.41, 5.74) is 1.83. The number of carbonyl (C=O) groups is 1. The number of piperazine rings is 1. The summed E-state index contributed by atoms with van der Waals surface area (Å²) in [5.74, 6) is 0. The number of amides is 2. The molecule has 4 rings (SSSR count). The highest BCUT2D eigenvalue weighted by Gasteiger charge is 2.23. The van der Waals surface area contributed by atoms with Gasteiger partial charge in [-0.1, -0.05) is 29.0 Å². The number of nitrogens with one attached hydrogen (secondary N) is 1. The second kappa shape index (κ2) is 7.96. The van der Waals surface area contributed by atoms with Crippen molar-refractivity contribution in [1.29, 1.82) is 0 Å². The molecule has 0 spiro atoms. The third kappa shape index (κ3) is 4.00. The molecule has 0 atom stereocenters. The average molecular weight is 419 g/mol. The van der Waals surface area contributed by atoms with Crippen LogP contribution in [-0.4, -0.2) is 48.3 Å². The smallest absolute Gasteiger partial charge is 0.321 e. The molecule has 5 nitrogen and oxygen atoms in total. The minimum absolute atomic E-state index is 0.0778. The van der Waals surface area contributed by atoms with Gasteiger partial charge in [0.2, 0.25) is 0 Å². The fourth-order valence-electron chi connectivity index (χ4n) is 3.05. The summed E-state index contributed by atoms with van der Waals surface area (Å²) in [7, 11) is 0. The van der Waals surface area contributed by atoms with Gasteiger partial charge in [-0.05, 0) is 42.7 Å². The van der Waals surface area contributed by atoms with Crippen LogP contribution in [0.2, 0.25) is 5.02 Å². The molecule has 8 heteroatoms. The molecule has 0 bridgehead atoms. The zero-order valence-electron chi connectivity index (χ0n) is 14.8. The Morgan fingerprint density at radius 2 is 1.89 bits per heavy atom. The first kappa shape index (κ1) is 18.4. The van der Waals surface area contributed by atoms with Gasteiger partial charge >= 0.3 is 6.03 Å². The van der Waals surface area contributed by atoms with Crippen molar-refractivity contribution in [2.75, 3.05) is 42.7 Å². The number of urea groups is 1. The summed E-state index contributed by atoms with van der Waals surface area (Å²) in [5, 5.41) is 4.61. The molecule has 1 fully saturated rings. The summed E-state index contributed by atoms with van der Waals surface area (Å²) in [4.78, 5) is 22.6. The van der Waals surface area contributed by atoms with Gasteiger partial charge in [0.25, 0.3) is 0 Å². The van der Waals surface area contributed by atoms with E-state index in [0.717, 1.165) is 29.4 Å². The van der Waals surface area contributed by atoms with Crippen LogP contribution in [0.5, 0.6) is 0 Å². The molecule has 1 N–H and O–H groups in total. The fraction of sp³-hybridized carbons (Fsp3) is 0.263. The van der Waals surface area contributed by atoms with E-state index >= 15 is 0 Å². The van der Waals surface area contributed by atoms with E-state index in [-0.39, 0.29) is 6.03 Å². The molecule has 2 aromatic carbocycles. The van der Waals surface area contributed by atoms with Crippen LogP contribution in [0.4, 0.5) is 15.6 Å². The van der Waals surface area contributed by atoms with Crippen molar-refractivity contribution < 1.29 is 4.79 Å². The van der Waals surface area contributed by atoms with E-state index in [1.807, 2.05) is 4.90 Å². The Labute approximate surface area is 171 Å². The lowest BCUT2D eigenvalue weighted by atomic mass is 10.3. The maximum Gasteiger partial charge on any atom is 0.321 e. The minimum atomic E-state index is -0.0778. The molecule has 0 radical (unpaired) electrons. The first-order chi connectivity index (χ1) is 13.1. The molecular formula is C19H19ClN4OS2. The van der Waals surface area contributed by atoms with Crippen LogP contribution < -0.4 is 10.2 Å². The largest absolute Gasteiger partial charge is 0.345 e. The lowest BCUT2D eigenvalue weighted by Gasteiger charge is -2.34. The zero-order chi connectivity index (χ0) is 18.8. The van der Waals surface area contributed by atoms with E-state index in [2.05, 4.69) is 34.7 Å². The first-order valence-electron chi connectivity index (χ1n) is 8.64. The van der Waals surface area contributed by atoms with E-state index in [1.54, 1.807) is 47.4 Å². The van der Waals surface area contributed by atoms with Gasteiger partial charge in [0, 0.05) is 41.8 Å². The van der Waals surface area contributed by atoms with Gasteiger partial charge in [0.05, 0.1) is 10.2 Å². The Hall–Kier alpha value is -1.96.